The first kappa shape index (κ1) is 16.8. The lowest BCUT2D eigenvalue weighted by molar-refractivity contribution is 0.498. The third-order valence-corrected chi connectivity index (χ3v) is 4.20. The Hall–Kier alpha value is -0.240. The Morgan fingerprint density at radius 3 is 2.16 bits per heavy atom. The van der Waals surface area contributed by atoms with E-state index in [2.05, 4.69) is 12.2 Å². The van der Waals surface area contributed by atoms with Crippen LogP contribution in [-0.2, 0) is 0 Å². The summed E-state index contributed by atoms with van der Waals surface area (Å²) in [6.45, 7) is 2.25. The number of unbranched alkanes of at least 4 members (excludes halogenated alkanes) is 5. The lowest BCUT2D eigenvalue weighted by Gasteiger charge is -2.19. The summed E-state index contributed by atoms with van der Waals surface area (Å²) in [5.41, 5.74) is 1.04. The highest BCUT2D eigenvalue weighted by Crippen LogP contribution is 2.32. The normalized spacial score (nSPS) is 12.6. The second kappa shape index (κ2) is 9.63. The van der Waals surface area contributed by atoms with Gasteiger partial charge in [0.05, 0.1) is 0 Å². The summed E-state index contributed by atoms with van der Waals surface area (Å²) in [4.78, 5) is 0. The fourth-order valence-electron chi connectivity index (χ4n) is 2.41. The van der Waals surface area contributed by atoms with Crippen molar-refractivity contribution in [1.29, 1.82) is 0 Å². The van der Waals surface area contributed by atoms with Gasteiger partial charge in [0.15, 0.2) is 0 Å². The van der Waals surface area contributed by atoms with Crippen molar-refractivity contribution in [1.82, 2.24) is 5.32 Å². The maximum Gasteiger partial charge on any atom is 0.0468 e. The molecule has 0 fully saturated rings. The van der Waals surface area contributed by atoms with Crippen molar-refractivity contribution < 1.29 is 0 Å². The first-order valence-corrected chi connectivity index (χ1v) is 8.07. The minimum Gasteiger partial charge on any atom is -0.313 e. The van der Waals surface area contributed by atoms with E-state index in [1.54, 1.807) is 0 Å². The zero-order chi connectivity index (χ0) is 14.1. The van der Waals surface area contributed by atoms with Crippen LogP contribution in [0.5, 0.6) is 0 Å². The molecule has 1 N–H and O–H groups in total. The summed E-state index contributed by atoms with van der Waals surface area (Å²) in [6, 6.07) is 5.97. The molecule has 0 aliphatic carbocycles. The number of benzene rings is 1. The zero-order valence-corrected chi connectivity index (χ0v) is 13.5. The average Bonchev–Trinajstić information content (AvgIpc) is 2.40. The number of hydrogen-bond donors (Lipinski definition) is 1. The molecule has 19 heavy (non-hydrogen) atoms. The molecular formula is C16H25Cl2N. The Balaban J connectivity index is 2.45. The van der Waals surface area contributed by atoms with E-state index in [0.717, 1.165) is 22.0 Å². The number of hydrogen-bond acceptors (Lipinski definition) is 1. The Labute approximate surface area is 127 Å². The number of nitrogens with one attached hydrogen (secondary N) is 1. The van der Waals surface area contributed by atoms with Crippen molar-refractivity contribution in [2.45, 2.75) is 57.9 Å². The van der Waals surface area contributed by atoms with Gasteiger partial charge in [-0.05, 0) is 25.6 Å². The van der Waals surface area contributed by atoms with Crippen molar-refractivity contribution in [3.8, 4) is 0 Å². The van der Waals surface area contributed by atoms with E-state index in [1.165, 1.54) is 38.5 Å². The number of rotatable bonds is 9. The summed E-state index contributed by atoms with van der Waals surface area (Å²) in [6.07, 6.45) is 8.94. The van der Waals surface area contributed by atoms with Crippen LogP contribution in [0.4, 0.5) is 0 Å². The van der Waals surface area contributed by atoms with E-state index in [1.807, 2.05) is 25.2 Å². The molecule has 1 unspecified atom stereocenters. The summed E-state index contributed by atoms with van der Waals surface area (Å²) in [5, 5.41) is 4.86. The second-order valence-corrected chi connectivity index (χ2v) is 5.85. The highest BCUT2D eigenvalue weighted by atomic mass is 35.5. The molecule has 0 saturated heterocycles. The highest BCUT2D eigenvalue weighted by Gasteiger charge is 2.15. The van der Waals surface area contributed by atoms with Gasteiger partial charge in [0, 0.05) is 21.7 Å². The fraction of sp³-hybridized carbons (Fsp3) is 0.625. The van der Waals surface area contributed by atoms with E-state index >= 15 is 0 Å². The average molecular weight is 302 g/mol. The van der Waals surface area contributed by atoms with Gasteiger partial charge in [-0.2, -0.15) is 0 Å². The summed E-state index contributed by atoms with van der Waals surface area (Å²) in [5.74, 6) is 0. The molecule has 1 aromatic rings. The van der Waals surface area contributed by atoms with Gasteiger partial charge in [0.2, 0.25) is 0 Å². The quantitative estimate of drug-likeness (QED) is 0.551. The number of halogens is 2. The zero-order valence-electron chi connectivity index (χ0n) is 12.0. The van der Waals surface area contributed by atoms with Crippen molar-refractivity contribution in [2.24, 2.45) is 0 Å². The smallest absolute Gasteiger partial charge is 0.0468 e. The summed E-state index contributed by atoms with van der Waals surface area (Å²) >= 11 is 12.5. The lowest BCUT2D eigenvalue weighted by atomic mass is 9.99. The van der Waals surface area contributed by atoms with Crippen LogP contribution in [0.2, 0.25) is 10.0 Å². The van der Waals surface area contributed by atoms with E-state index in [4.69, 9.17) is 23.2 Å². The molecule has 0 bridgehead atoms. The van der Waals surface area contributed by atoms with Gasteiger partial charge < -0.3 is 5.32 Å². The molecule has 108 valence electrons. The molecule has 1 rings (SSSR count). The predicted octanol–water partition coefficient (Wildman–Crippen LogP) is 6.00. The van der Waals surface area contributed by atoms with Crippen molar-refractivity contribution >= 4 is 23.2 Å². The van der Waals surface area contributed by atoms with Gasteiger partial charge in [0.1, 0.15) is 0 Å². The molecule has 0 aliphatic heterocycles. The second-order valence-electron chi connectivity index (χ2n) is 5.03. The van der Waals surface area contributed by atoms with Crippen LogP contribution in [0.25, 0.3) is 0 Å². The maximum atomic E-state index is 6.26. The molecule has 0 aliphatic rings. The molecule has 0 saturated carbocycles. The van der Waals surface area contributed by atoms with Crippen LogP contribution in [0.3, 0.4) is 0 Å². The van der Waals surface area contributed by atoms with E-state index in [-0.39, 0.29) is 6.04 Å². The molecule has 1 nitrogen and oxygen atoms in total. The molecule has 0 aromatic heterocycles. The van der Waals surface area contributed by atoms with Gasteiger partial charge in [0.25, 0.3) is 0 Å². The third kappa shape index (κ3) is 5.72. The lowest BCUT2D eigenvalue weighted by Crippen LogP contribution is -2.17. The Kier molecular flexibility index (Phi) is 8.52. The van der Waals surface area contributed by atoms with Crippen LogP contribution in [0, 0.1) is 0 Å². The molecule has 3 heteroatoms. The minimum atomic E-state index is 0.257. The molecule has 1 atom stereocenters. The Morgan fingerprint density at radius 2 is 1.58 bits per heavy atom. The minimum absolute atomic E-state index is 0.257. The van der Waals surface area contributed by atoms with Gasteiger partial charge >= 0.3 is 0 Å². The van der Waals surface area contributed by atoms with Gasteiger partial charge in [-0.3, -0.25) is 0 Å². The van der Waals surface area contributed by atoms with Crippen molar-refractivity contribution in [3.05, 3.63) is 33.8 Å². The first-order valence-electron chi connectivity index (χ1n) is 7.31. The van der Waals surface area contributed by atoms with Crippen LogP contribution in [-0.4, -0.2) is 7.05 Å². The van der Waals surface area contributed by atoms with Crippen molar-refractivity contribution in [2.75, 3.05) is 7.05 Å². The van der Waals surface area contributed by atoms with E-state index < -0.39 is 0 Å². The fourth-order valence-corrected chi connectivity index (χ4v) is 3.07. The topological polar surface area (TPSA) is 12.0 Å². The summed E-state index contributed by atoms with van der Waals surface area (Å²) in [7, 11) is 1.97. The van der Waals surface area contributed by atoms with Crippen LogP contribution in [0.1, 0.15) is 63.5 Å². The maximum absolute atomic E-state index is 6.26. The van der Waals surface area contributed by atoms with Crippen molar-refractivity contribution in [3.63, 3.8) is 0 Å². The Bertz CT molecular complexity index is 346. The highest BCUT2D eigenvalue weighted by molar-refractivity contribution is 6.36. The van der Waals surface area contributed by atoms with Crippen LogP contribution in [0.15, 0.2) is 18.2 Å². The summed E-state index contributed by atoms with van der Waals surface area (Å²) < 4.78 is 0. The molecule has 1 aromatic carbocycles. The largest absolute Gasteiger partial charge is 0.313 e. The van der Waals surface area contributed by atoms with Gasteiger partial charge in [-0.1, -0.05) is 74.7 Å². The molecule has 0 spiro atoms. The molecular weight excluding hydrogens is 277 g/mol. The van der Waals surface area contributed by atoms with Crippen LogP contribution < -0.4 is 5.32 Å². The predicted molar refractivity (Wildman–Crippen MR) is 86.3 cm³/mol. The third-order valence-electron chi connectivity index (χ3n) is 3.54. The van der Waals surface area contributed by atoms with E-state index in [9.17, 15) is 0 Å². The van der Waals surface area contributed by atoms with E-state index in [0.29, 0.717) is 0 Å². The molecule has 0 amide bonds. The standard InChI is InChI=1S/C16H25Cl2N/c1-3-4-5-6-7-8-12-15(19-2)16-13(17)10-9-11-14(16)18/h9-11,15,19H,3-8,12H2,1-2H3. The SMILES string of the molecule is CCCCCCCCC(NC)c1c(Cl)cccc1Cl. The van der Waals surface area contributed by atoms with Gasteiger partial charge in [-0.25, -0.2) is 0 Å². The molecule has 0 radical (unpaired) electrons. The molecule has 0 heterocycles. The van der Waals surface area contributed by atoms with Crippen LogP contribution >= 0.6 is 23.2 Å². The Morgan fingerprint density at radius 1 is 1.00 bits per heavy atom. The van der Waals surface area contributed by atoms with Gasteiger partial charge in [-0.15, -0.1) is 0 Å². The first-order chi connectivity index (χ1) is 9.20. The monoisotopic (exact) mass is 301 g/mol.